The Kier molecular flexibility index (Phi) is 35.4. The van der Waals surface area contributed by atoms with Gasteiger partial charge in [0.2, 0.25) is 0 Å². The van der Waals surface area contributed by atoms with Crippen LogP contribution in [0.5, 0.6) is 0 Å². The molecule has 101 heavy (non-hydrogen) atoms. The van der Waals surface area contributed by atoms with Crippen molar-refractivity contribution in [2.75, 3.05) is 0 Å². The fraction of sp³-hybridized carbons (Fsp3) is 1.00. The van der Waals surface area contributed by atoms with Gasteiger partial charge in [-0.3, -0.25) is 0 Å². The molecule has 0 amide bonds. The van der Waals surface area contributed by atoms with Crippen molar-refractivity contribution in [2.45, 2.75) is 467 Å². The average molecular weight is 1400 g/mol. The van der Waals surface area contributed by atoms with Gasteiger partial charge in [0.1, 0.15) is 0 Å². The molecule has 23 unspecified atom stereocenters. The minimum Gasteiger partial charge on any atom is -0.0656 e. The molecule has 18 aliphatic carbocycles. The first kappa shape index (κ1) is 82.0. The molecule has 0 aromatic heterocycles. The summed E-state index contributed by atoms with van der Waals surface area (Å²) in [6, 6.07) is 0. The molecule has 23 atom stereocenters. The van der Waals surface area contributed by atoms with Crippen LogP contribution < -0.4 is 0 Å². The topological polar surface area (TPSA) is 0 Å². The number of fused-ring (bicyclic) bond motifs is 14. The first-order chi connectivity index (χ1) is 49.8. The third kappa shape index (κ3) is 21.2. The van der Waals surface area contributed by atoms with E-state index in [9.17, 15) is 0 Å². The minimum absolute atomic E-state index is 1.03. The van der Waals surface area contributed by atoms with Gasteiger partial charge >= 0.3 is 0 Å². The van der Waals surface area contributed by atoms with Crippen LogP contribution >= 0.6 is 0 Å². The third-order valence-electron chi connectivity index (χ3n) is 35.5. The number of hydrogen-bond donors (Lipinski definition) is 0. The molecule has 0 radical (unpaired) electrons. The van der Waals surface area contributed by atoms with Crippen LogP contribution in [0.25, 0.3) is 0 Å². The van der Waals surface area contributed by atoms with Gasteiger partial charge < -0.3 is 0 Å². The second-order valence-electron chi connectivity index (χ2n) is 41.6. The van der Waals surface area contributed by atoms with Gasteiger partial charge in [0, 0.05) is 0 Å². The lowest BCUT2D eigenvalue weighted by Crippen LogP contribution is -2.24. The Morgan fingerprint density at radius 1 is 0.188 bits per heavy atom. The maximum absolute atomic E-state index is 2.62. The van der Waals surface area contributed by atoms with E-state index in [1.54, 1.807) is 353 Å². The zero-order valence-electron chi connectivity index (χ0n) is 70.3. The Hall–Kier alpha value is 0. The lowest BCUT2D eigenvalue weighted by molar-refractivity contribution is 0.166. The molecule has 0 heteroatoms. The third-order valence-corrected chi connectivity index (χ3v) is 35.5. The highest BCUT2D eigenvalue weighted by Crippen LogP contribution is 2.64. The zero-order valence-corrected chi connectivity index (χ0v) is 70.3. The lowest BCUT2D eigenvalue weighted by Gasteiger charge is -2.33. The molecule has 0 nitrogen and oxygen atoms in total. The highest BCUT2D eigenvalue weighted by Gasteiger charge is 2.55. The second-order valence-corrected chi connectivity index (χ2v) is 41.6. The molecule has 586 valence electrons. The van der Waals surface area contributed by atoms with E-state index in [0.717, 1.165) is 124 Å². The molecular weight excluding hydrogens is 1210 g/mol. The minimum atomic E-state index is 1.03. The summed E-state index contributed by atoms with van der Waals surface area (Å²) in [7, 11) is 0. The van der Waals surface area contributed by atoms with E-state index in [2.05, 4.69) is 62.3 Å². The van der Waals surface area contributed by atoms with Crippen molar-refractivity contribution in [3.8, 4) is 0 Å². The molecule has 0 aromatic rings. The van der Waals surface area contributed by atoms with Gasteiger partial charge in [-0.2, -0.15) is 0 Å². The van der Waals surface area contributed by atoms with Gasteiger partial charge in [0.15, 0.2) is 0 Å². The van der Waals surface area contributed by atoms with Crippen LogP contribution in [0.2, 0.25) is 0 Å². The van der Waals surface area contributed by atoms with E-state index in [1.807, 2.05) is 0 Å². The van der Waals surface area contributed by atoms with Gasteiger partial charge in [-0.15, -0.1) is 0 Å². The SMILES string of the molecule is C1CCC(CCC2C3CCCCC3C3CCCCC32)C1.C1CCC2C(C1)CCC2CCC1C2CCCCC2C2CCCCC21.C1CCC2C(C1)CCC2CCC1C2CCCCC2C2CCCCC21.CC(CC1C2CCCCC2C2CCCCC21)C1CCCC1.CCC.CCC.CCC.CCC. The van der Waals surface area contributed by atoms with E-state index in [1.165, 1.54) is 98.7 Å². The average Bonchev–Trinajstić information content (AvgIpc) is 1.66. The van der Waals surface area contributed by atoms with Gasteiger partial charge in [-0.1, -0.05) is 287 Å². The van der Waals surface area contributed by atoms with Crippen LogP contribution in [0.4, 0.5) is 0 Å². The summed E-state index contributed by atoms with van der Waals surface area (Å²) in [5, 5.41) is 0. The van der Waals surface area contributed by atoms with Crippen molar-refractivity contribution in [3.05, 3.63) is 0 Å². The molecule has 0 saturated heterocycles. The van der Waals surface area contributed by atoms with Gasteiger partial charge in [0.25, 0.3) is 0 Å². The van der Waals surface area contributed by atoms with Crippen molar-refractivity contribution in [1.82, 2.24) is 0 Å². The fourth-order valence-corrected chi connectivity index (χ4v) is 32.0. The van der Waals surface area contributed by atoms with Gasteiger partial charge in [-0.05, 0) is 351 Å². The molecule has 18 rings (SSSR count). The van der Waals surface area contributed by atoms with E-state index in [0.29, 0.717) is 0 Å². The first-order valence-electron chi connectivity index (χ1n) is 49.8. The summed E-state index contributed by atoms with van der Waals surface area (Å²) in [4.78, 5) is 0. The smallest absolute Gasteiger partial charge is 0.0349 e. The molecule has 0 bridgehead atoms. The molecule has 18 fully saturated rings. The van der Waals surface area contributed by atoms with E-state index in [-0.39, 0.29) is 0 Å². The summed E-state index contributed by atoms with van der Waals surface area (Å²) < 4.78 is 0. The van der Waals surface area contributed by atoms with Crippen molar-refractivity contribution >= 4 is 0 Å². The van der Waals surface area contributed by atoms with Crippen molar-refractivity contribution in [1.29, 1.82) is 0 Å². The Morgan fingerprint density at radius 3 is 0.673 bits per heavy atom. The van der Waals surface area contributed by atoms with Crippen molar-refractivity contribution in [3.63, 3.8) is 0 Å². The van der Waals surface area contributed by atoms with E-state index in [4.69, 9.17) is 0 Å². The molecule has 0 N–H and O–H groups in total. The summed E-state index contributed by atoms with van der Waals surface area (Å²) in [6.45, 7) is 19.6. The largest absolute Gasteiger partial charge is 0.0656 e. The lowest BCUT2D eigenvalue weighted by atomic mass is 9.72. The van der Waals surface area contributed by atoms with Gasteiger partial charge in [-0.25, -0.2) is 0 Å². The van der Waals surface area contributed by atoms with Crippen LogP contribution in [-0.4, -0.2) is 0 Å². The predicted molar refractivity (Wildman–Crippen MR) is 443 cm³/mol. The predicted octanol–water partition coefficient (Wildman–Crippen LogP) is 32.8. The summed E-state index contributed by atoms with van der Waals surface area (Å²) in [6.07, 6.45) is 98.2. The summed E-state index contributed by atoms with van der Waals surface area (Å²) in [5.41, 5.74) is 0. The standard InChI is InChI=1S/2C24H40.C21H36.C20H34.4C3H8/c2*1-2-8-19-17(7-1)13-14-18(19)15-16-24-22-11-5-3-9-20(22)21-10-4-6-12-23(21)24;1-15(16-8-2-3-9-16)14-21-19-12-6-4-10-17(19)18-11-5-7-13-20(18)21;1-2-8-15(7-1)13-14-20-18-11-5-3-9-16(18)17-10-4-6-12-19(17)20;4*1-3-2/h2*17-24H,1-16H2;15-21H,2-14H2,1H3;15-20H,1-14H2;4*3H2,1-2H3. The Morgan fingerprint density at radius 2 is 0.396 bits per heavy atom. The maximum Gasteiger partial charge on any atom is -0.0349 e. The normalized spacial score (nSPS) is 43.3. The molecule has 0 aliphatic heterocycles. The Labute approximate surface area is 634 Å². The van der Waals surface area contributed by atoms with Crippen molar-refractivity contribution in [2.24, 2.45) is 172 Å². The zero-order chi connectivity index (χ0) is 70.3. The highest BCUT2D eigenvalue weighted by atomic mass is 14.6. The fourth-order valence-electron chi connectivity index (χ4n) is 32.0. The molecular formula is C101H182. The van der Waals surface area contributed by atoms with Crippen LogP contribution in [0, 0.1) is 172 Å². The van der Waals surface area contributed by atoms with Gasteiger partial charge in [0.05, 0.1) is 0 Å². The summed E-state index contributed by atoms with van der Waals surface area (Å²) >= 11 is 0. The number of hydrogen-bond acceptors (Lipinski definition) is 0. The van der Waals surface area contributed by atoms with E-state index < -0.39 is 0 Å². The summed E-state index contributed by atoms with van der Waals surface area (Å²) in [5.74, 6) is 33.3. The number of rotatable bonds is 12. The first-order valence-corrected chi connectivity index (χ1v) is 49.8. The van der Waals surface area contributed by atoms with Crippen LogP contribution in [0.1, 0.15) is 467 Å². The molecule has 0 spiro atoms. The highest BCUT2D eigenvalue weighted by molar-refractivity contribution is 5.05. The van der Waals surface area contributed by atoms with Crippen LogP contribution in [0.15, 0.2) is 0 Å². The maximum atomic E-state index is 2.62. The monoisotopic (exact) mass is 1400 g/mol. The molecule has 0 heterocycles. The Balaban J connectivity index is 0.000000129. The quantitative estimate of drug-likeness (QED) is 0.183. The van der Waals surface area contributed by atoms with Crippen LogP contribution in [-0.2, 0) is 0 Å². The second kappa shape index (κ2) is 43.6. The van der Waals surface area contributed by atoms with E-state index >= 15 is 0 Å². The molecule has 18 saturated carbocycles. The molecule has 0 aromatic carbocycles. The van der Waals surface area contributed by atoms with Crippen LogP contribution in [0.3, 0.4) is 0 Å². The van der Waals surface area contributed by atoms with Crippen molar-refractivity contribution < 1.29 is 0 Å². The molecule has 18 aliphatic rings. The Bertz CT molecular complexity index is 1980.